The van der Waals surface area contributed by atoms with Crippen molar-refractivity contribution >= 4 is 5.69 Å². The van der Waals surface area contributed by atoms with Gasteiger partial charge in [0.15, 0.2) is 0 Å². The first-order valence-electron chi connectivity index (χ1n) is 7.29. The molecule has 0 aromatic heterocycles. The lowest BCUT2D eigenvalue weighted by Gasteiger charge is -2.31. The molecule has 0 radical (unpaired) electrons. The summed E-state index contributed by atoms with van der Waals surface area (Å²) in [4.78, 5) is 2.10. The van der Waals surface area contributed by atoms with Crippen LogP contribution in [0.2, 0.25) is 0 Å². The quantitative estimate of drug-likeness (QED) is 0.876. The molecule has 106 valence electrons. The van der Waals surface area contributed by atoms with Crippen LogP contribution in [0.4, 0.5) is 5.69 Å². The molecule has 0 heterocycles. The molecule has 1 saturated carbocycles. The van der Waals surface area contributed by atoms with Gasteiger partial charge >= 0.3 is 0 Å². The Morgan fingerprint density at radius 2 is 1.79 bits per heavy atom. The van der Waals surface area contributed by atoms with Gasteiger partial charge in [-0.1, -0.05) is 25.0 Å². The topological polar surface area (TPSA) is 35.5 Å². The first kappa shape index (κ1) is 14.4. The van der Waals surface area contributed by atoms with Gasteiger partial charge in [0.1, 0.15) is 0 Å². The molecule has 19 heavy (non-hydrogen) atoms. The van der Waals surface area contributed by atoms with Gasteiger partial charge in [-0.3, -0.25) is 0 Å². The molecule has 0 amide bonds. The summed E-state index contributed by atoms with van der Waals surface area (Å²) in [6.07, 6.45) is 4.22. The lowest BCUT2D eigenvalue weighted by molar-refractivity contribution is 0.0860. The minimum Gasteiger partial charge on any atom is -0.392 e. The Hall–Kier alpha value is -1.06. The Morgan fingerprint density at radius 3 is 2.37 bits per heavy atom. The van der Waals surface area contributed by atoms with Crippen molar-refractivity contribution < 1.29 is 5.11 Å². The molecule has 3 heteroatoms. The number of aliphatic hydroxyl groups excluding tert-OH is 1. The van der Waals surface area contributed by atoms with Crippen LogP contribution in [0.1, 0.15) is 44.2 Å². The van der Waals surface area contributed by atoms with E-state index in [-0.39, 0.29) is 18.2 Å². The summed E-state index contributed by atoms with van der Waals surface area (Å²) in [7, 11) is 4.10. The molecule has 3 atom stereocenters. The van der Waals surface area contributed by atoms with Crippen LogP contribution < -0.4 is 10.2 Å². The highest BCUT2D eigenvalue weighted by Crippen LogP contribution is 2.23. The summed E-state index contributed by atoms with van der Waals surface area (Å²) in [6.45, 7) is 2.17. The molecule has 0 bridgehead atoms. The van der Waals surface area contributed by atoms with Gasteiger partial charge in [0, 0.05) is 31.9 Å². The summed E-state index contributed by atoms with van der Waals surface area (Å²) in [5.74, 6) is 0. The Labute approximate surface area is 116 Å². The van der Waals surface area contributed by atoms with Gasteiger partial charge in [0.2, 0.25) is 0 Å². The van der Waals surface area contributed by atoms with Crippen molar-refractivity contribution in [1.82, 2.24) is 5.32 Å². The van der Waals surface area contributed by atoms with Crippen molar-refractivity contribution in [3.63, 3.8) is 0 Å². The molecule has 1 aromatic rings. The average Bonchev–Trinajstić information content (AvgIpc) is 2.41. The summed E-state index contributed by atoms with van der Waals surface area (Å²) in [5, 5.41) is 13.6. The number of aliphatic hydroxyl groups is 1. The maximum atomic E-state index is 10.0. The van der Waals surface area contributed by atoms with E-state index in [4.69, 9.17) is 0 Å². The highest BCUT2D eigenvalue weighted by Gasteiger charge is 2.24. The van der Waals surface area contributed by atoms with Crippen molar-refractivity contribution in [3.8, 4) is 0 Å². The monoisotopic (exact) mass is 262 g/mol. The summed E-state index contributed by atoms with van der Waals surface area (Å²) in [6, 6.07) is 9.16. The van der Waals surface area contributed by atoms with Crippen LogP contribution in [-0.2, 0) is 0 Å². The van der Waals surface area contributed by atoms with Crippen molar-refractivity contribution in [2.75, 3.05) is 19.0 Å². The molecule has 2 rings (SSSR count). The van der Waals surface area contributed by atoms with Gasteiger partial charge in [-0.05, 0) is 37.5 Å². The second-order valence-electron chi connectivity index (χ2n) is 5.83. The zero-order chi connectivity index (χ0) is 13.8. The minimum absolute atomic E-state index is 0.183. The van der Waals surface area contributed by atoms with Crippen LogP contribution >= 0.6 is 0 Å². The Balaban J connectivity index is 1.97. The highest BCUT2D eigenvalue weighted by atomic mass is 16.3. The zero-order valence-electron chi connectivity index (χ0n) is 12.3. The average molecular weight is 262 g/mol. The van der Waals surface area contributed by atoms with Crippen molar-refractivity contribution in [2.24, 2.45) is 0 Å². The number of rotatable bonds is 4. The predicted octanol–water partition coefficient (Wildman–Crippen LogP) is 2.71. The SMILES string of the molecule is CC(NC1CCCCC1O)c1ccc(N(C)C)cc1. The van der Waals surface area contributed by atoms with E-state index in [2.05, 4.69) is 55.5 Å². The number of nitrogens with one attached hydrogen (secondary N) is 1. The van der Waals surface area contributed by atoms with Gasteiger partial charge in [0.25, 0.3) is 0 Å². The van der Waals surface area contributed by atoms with Gasteiger partial charge in [-0.25, -0.2) is 0 Å². The Morgan fingerprint density at radius 1 is 1.16 bits per heavy atom. The van der Waals surface area contributed by atoms with Crippen molar-refractivity contribution in [1.29, 1.82) is 0 Å². The van der Waals surface area contributed by atoms with Crippen LogP contribution in [0.3, 0.4) is 0 Å². The van der Waals surface area contributed by atoms with Gasteiger partial charge in [0.05, 0.1) is 6.10 Å². The van der Waals surface area contributed by atoms with E-state index in [0.717, 1.165) is 19.3 Å². The standard InChI is InChI=1S/C16H26N2O/c1-12(17-15-6-4-5-7-16(15)19)13-8-10-14(11-9-13)18(2)3/h8-12,15-17,19H,4-7H2,1-3H3. The second-order valence-corrected chi connectivity index (χ2v) is 5.83. The normalized spacial score (nSPS) is 25.1. The first-order valence-corrected chi connectivity index (χ1v) is 7.29. The third-order valence-electron chi connectivity index (χ3n) is 4.10. The zero-order valence-corrected chi connectivity index (χ0v) is 12.3. The molecule has 1 fully saturated rings. The number of benzene rings is 1. The third kappa shape index (κ3) is 3.71. The summed E-state index contributed by atoms with van der Waals surface area (Å²) >= 11 is 0. The molecule has 3 nitrogen and oxygen atoms in total. The third-order valence-corrected chi connectivity index (χ3v) is 4.10. The molecule has 1 aromatic carbocycles. The highest BCUT2D eigenvalue weighted by molar-refractivity contribution is 5.46. The van der Waals surface area contributed by atoms with Crippen LogP contribution in [-0.4, -0.2) is 31.3 Å². The first-order chi connectivity index (χ1) is 9.08. The Kier molecular flexibility index (Phi) is 4.83. The van der Waals surface area contributed by atoms with E-state index in [0.29, 0.717) is 0 Å². The molecule has 0 aliphatic heterocycles. The fourth-order valence-electron chi connectivity index (χ4n) is 2.78. The molecule has 1 aliphatic carbocycles. The number of hydrogen-bond donors (Lipinski definition) is 2. The van der Waals surface area contributed by atoms with Crippen molar-refractivity contribution in [3.05, 3.63) is 29.8 Å². The number of hydrogen-bond acceptors (Lipinski definition) is 3. The van der Waals surface area contributed by atoms with E-state index in [1.165, 1.54) is 17.7 Å². The predicted molar refractivity (Wildman–Crippen MR) is 80.6 cm³/mol. The second kappa shape index (κ2) is 6.40. The summed E-state index contributed by atoms with van der Waals surface area (Å²) in [5.41, 5.74) is 2.50. The van der Waals surface area contributed by atoms with Crippen LogP contribution in [0.15, 0.2) is 24.3 Å². The van der Waals surface area contributed by atoms with Crippen LogP contribution in [0.25, 0.3) is 0 Å². The molecule has 0 spiro atoms. The van der Waals surface area contributed by atoms with Crippen molar-refractivity contribution in [2.45, 2.75) is 50.8 Å². The van der Waals surface area contributed by atoms with Gasteiger partial charge < -0.3 is 15.3 Å². The van der Waals surface area contributed by atoms with Gasteiger partial charge in [-0.15, -0.1) is 0 Å². The number of nitrogens with zero attached hydrogens (tertiary/aromatic N) is 1. The fourth-order valence-corrected chi connectivity index (χ4v) is 2.78. The lowest BCUT2D eigenvalue weighted by Crippen LogP contribution is -2.43. The lowest BCUT2D eigenvalue weighted by atomic mass is 9.91. The van der Waals surface area contributed by atoms with E-state index in [1.807, 2.05) is 0 Å². The molecular weight excluding hydrogens is 236 g/mol. The van der Waals surface area contributed by atoms with Crippen LogP contribution in [0, 0.1) is 0 Å². The number of anilines is 1. The van der Waals surface area contributed by atoms with E-state index in [9.17, 15) is 5.11 Å². The smallest absolute Gasteiger partial charge is 0.0693 e. The molecule has 1 aliphatic rings. The minimum atomic E-state index is -0.183. The van der Waals surface area contributed by atoms with Crippen LogP contribution in [0.5, 0.6) is 0 Å². The summed E-state index contributed by atoms with van der Waals surface area (Å²) < 4.78 is 0. The largest absolute Gasteiger partial charge is 0.392 e. The molecule has 2 N–H and O–H groups in total. The van der Waals surface area contributed by atoms with Gasteiger partial charge in [-0.2, -0.15) is 0 Å². The maximum Gasteiger partial charge on any atom is 0.0693 e. The van der Waals surface area contributed by atoms with E-state index < -0.39 is 0 Å². The van der Waals surface area contributed by atoms with E-state index in [1.54, 1.807) is 0 Å². The maximum absolute atomic E-state index is 10.0. The van der Waals surface area contributed by atoms with E-state index >= 15 is 0 Å². The molecular formula is C16H26N2O. The molecule has 0 saturated heterocycles. The molecule has 3 unspecified atom stereocenters. The Bertz CT molecular complexity index is 388. The fraction of sp³-hybridized carbons (Fsp3) is 0.625.